The first kappa shape index (κ1) is 36.8. The van der Waals surface area contributed by atoms with Crippen molar-refractivity contribution in [2.45, 2.75) is 64.9 Å². The Bertz CT molecular complexity index is 1480. The molecule has 0 aromatic carbocycles. The standard InChI is InChI=1S/C34H41NO12S/c1-17-25(46-19(3)37)14-23-22(28(17)40)12-11-20-13-21(9-7-5-6-8-10-27(38)39)34(31(44)33(20,23)4)29(41)26(47-32(34)45)16-48-15-24(30(42)43)35-18(2)36/h5-12,17,20-26,28,40H,13-16H2,1-4H3,(H,35,36)(H,38,39)(H,42,43)/b6-5+,9-7+,10-8+/t17-,20+,21+,22+,23+,24-,25+,26-,28+,33+,34+/m1/s1. The number of aliphatic hydroxyl groups excluding tert-OH is 1. The highest BCUT2D eigenvalue weighted by molar-refractivity contribution is 7.99. The van der Waals surface area contributed by atoms with Gasteiger partial charge in [0.1, 0.15) is 12.1 Å². The molecule has 13 nitrogen and oxygen atoms in total. The Morgan fingerprint density at radius 1 is 1.08 bits per heavy atom. The van der Waals surface area contributed by atoms with Crippen molar-refractivity contribution < 1.29 is 58.4 Å². The lowest BCUT2D eigenvalue weighted by atomic mass is 9.43. The van der Waals surface area contributed by atoms with Gasteiger partial charge in [-0.15, -0.1) is 0 Å². The van der Waals surface area contributed by atoms with Gasteiger partial charge in [-0.1, -0.05) is 56.4 Å². The second-order valence-corrected chi connectivity index (χ2v) is 14.1. The molecule has 3 fully saturated rings. The molecule has 1 amide bonds. The Morgan fingerprint density at radius 3 is 2.40 bits per heavy atom. The van der Waals surface area contributed by atoms with E-state index in [2.05, 4.69) is 5.32 Å². The molecule has 4 N–H and O–H groups in total. The second kappa shape index (κ2) is 14.6. The molecule has 48 heavy (non-hydrogen) atoms. The van der Waals surface area contributed by atoms with Gasteiger partial charge >= 0.3 is 23.9 Å². The van der Waals surface area contributed by atoms with E-state index in [1.54, 1.807) is 19.9 Å². The van der Waals surface area contributed by atoms with Crippen molar-refractivity contribution in [2.24, 2.45) is 40.4 Å². The first-order valence-corrected chi connectivity index (χ1v) is 16.9. The van der Waals surface area contributed by atoms with Gasteiger partial charge in [0.15, 0.2) is 23.1 Å². The third-order valence-electron chi connectivity index (χ3n) is 10.2. The first-order valence-electron chi connectivity index (χ1n) is 15.7. The highest BCUT2D eigenvalue weighted by Gasteiger charge is 2.74. The number of hydrogen-bond acceptors (Lipinski definition) is 11. The van der Waals surface area contributed by atoms with Crippen molar-refractivity contribution in [3.05, 3.63) is 48.6 Å². The van der Waals surface area contributed by atoms with Crippen LogP contribution in [0.1, 0.15) is 40.5 Å². The van der Waals surface area contributed by atoms with Crippen molar-refractivity contribution in [1.29, 1.82) is 0 Å². The Hall–Kier alpha value is -4.04. The van der Waals surface area contributed by atoms with Gasteiger partial charge in [0.2, 0.25) is 5.91 Å². The number of rotatable bonds is 11. The predicted octanol–water partition coefficient (Wildman–Crippen LogP) is 1.89. The van der Waals surface area contributed by atoms with Gasteiger partial charge in [0, 0.05) is 54.6 Å². The van der Waals surface area contributed by atoms with Crippen LogP contribution in [-0.4, -0.2) is 92.5 Å². The van der Waals surface area contributed by atoms with Crippen LogP contribution >= 0.6 is 11.8 Å². The number of ketones is 2. The number of carbonyl (C=O) groups is 7. The minimum Gasteiger partial charge on any atom is -0.480 e. The van der Waals surface area contributed by atoms with Crippen molar-refractivity contribution in [3.8, 4) is 0 Å². The Balaban J connectivity index is 1.72. The molecule has 4 rings (SSSR count). The van der Waals surface area contributed by atoms with Crippen molar-refractivity contribution in [3.63, 3.8) is 0 Å². The molecule has 3 aliphatic carbocycles. The van der Waals surface area contributed by atoms with Crippen LogP contribution in [0, 0.1) is 40.4 Å². The number of carbonyl (C=O) groups excluding carboxylic acids is 5. The van der Waals surface area contributed by atoms with Gasteiger partial charge in [0.05, 0.1) is 6.10 Å². The van der Waals surface area contributed by atoms with E-state index in [-0.39, 0.29) is 24.3 Å². The lowest BCUT2D eigenvalue weighted by Crippen LogP contribution is -2.66. The normalized spacial score (nSPS) is 36.6. The summed E-state index contributed by atoms with van der Waals surface area (Å²) in [6, 6.07) is -1.25. The molecule has 14 heteroatoms. The van der Waals surface area contributed by atoms with E-state index in [1.165, 1.54) is 38.2 Å². The number of hydrogen-bond donors (Lipinski definition) is 4. The zero-order valence-corrected chi connectivity index (χ0v) is 27.9. The van der Waals surface area contributed by atoms with Gasteiger partial charge in [-0.2, -0.15) is 11.8 Å². The minimum atomic E-state index is -2.25. The molecule has 0 radical (unpaired) electrons. The topological polar surface area (TPSA) is 211 Å². The van der Waals surface area contributed by atoms with Crippen molar-refractivity contribution in [2.75, 3.05) is 11.5 Å². The molecule has 1 heterocycles. The van der Waals surface area contributed by atoms with Crippen LogP contribution < -0.4 is 5.32 Å². The fourth-order valence-electron chi connectivity index (χ4n) is 7.81. The third kappa shape index (κ3) is 6.77. The largest absolute Gasteiger partial charge is 0.480 e. The maximum absolute atomic E-state index is 15.1. The minimum absolute atomic E-state index is 0.128. The van der Waals surface area contributed by atoms with Crippen LogP contribution in [0.15, 0.2) is 48.6 Å². The van der Waals surface area contributed by atoms with Crippen molar-refractivity contribution >= 4 is 53.1 Å². The van der Waals surface area contributed by atoms with Gasteiger partial charge < -0.3 is 30.1 Å². The molecule has 1 aliphatic heterocycles. The SMILES string of the molecule is CC(=O)N[C@H](CSC[C@H]1OC(=O)[C@@]2(C1=O)C(=O)[C@@]1(C)[C@@H](C=C[C@@H]3[C@@H](O)[C@H](C)[C@@H](OC(C)=O)C[C@@H]31)C[C@@H]2/C=C/C=C/C=C/C(=O)O)C(=O)O. The number of Topliss-reactive ketones (excluding diaryl/α,β-unsaturated/α-hetero) is 2. The number of nitrogens with one attached hydrogen (secondary N) is 1. The number of ether oxygens (including phenoxy) is 2. The van der Waals surface area contributed by atoms with Crippen LogP contribution in [0.5, 0.6) is 0 Å². The molecule has 1 saturated heterocycles. The molecule has 0 bridgehead atoms. The van der Waals surface area contributed by atoms with E-state index in [0.717, 1.165) is 17.8 Å². The number of thioether (sulfide) groups is 1. The number of amides is 1. The zero-order chi connectivity index (χ0) is 35.6. The molecule has 0 aromatic heterocycles. The summed E-state index contributed by atoms with van der Waals surface area (Å²) in [5.74, 6) is -9.15. The Labute approximate surface area is 281 Å². The molecule has 2 saturated carbocycles. The Morgan fingerprint density at radius 2 is 1.77 bits per heavy atom. The summed E-state index contributed by atoms with van der Waals surface area (Å²) in [5, 5.41) is 31.9. The lowest BCUT2D eigenvalue weighted by Gasteiger charge is -2.58. The van der Waals surface area contributed by atoms with E-state index in [1.807, 2.05) is 12.2 Å². The molecule has 0 unspecified atom stereocenters. The number of cyclic esters (lactones) is 1. The van der Waals surface area contributed by atoms with Gasteiger partial charge in [-0.25, -0.2) is 9.59 Å². The van der Waals surface area contributed by atoms with Gasteiger partial charge in [0.25, 0.3) is 0 Å². The molecule has 1 spiro atoms. The third-order valence-corrected chi connectivity index (χ3v) is 11.3. The highest BCUT2D eigenvalue weighted by atomic mass is 32.2. The lowest BCUT2D eigenvalue weighted by molar-refractivity contribution is -0.180. The summed E-state index contributed by atoms with van der Waals surface area (Å²) in [5.41, 5.74) is -3.58. The maximum Gasteiger partial charge on any atom is 0.328 e. The van der Waals surface area contributed by atoms with Crippen LogP contribution in [0.25, 0.3) is 0 Å². The van der Waals surface area contributed by atoms with Crippen LogP contribution in [0.2, 0.25) is 0 Å². The predicted molar refractivity (Wildman–Crippen MR) is 171 cm³/mol. The summed E-state index contributed by atoms with van der Waals surface area (Å²) in [7, 11) is 0. The quantitative estimate of drug-likeness (QED) is 0.0805. The number of fused-ring (bicyclic) bond motifs is 3. The summed E-state index contributed by atoms with van der Waals surface area (Å²) in [6.45, 7) is 5.90. The average molecular weight is 688 g/mol. The summed E-state index contributed by atoms with van der Waals surface area (Å²) >= 11 is 0.978. The average Bonchev–Trinajstić information content (AvgIpc) is 3.25. The fraction of sp³-hybridized carbons (Fsp3) is 0.559. The number of carboxylic acid groups (broad SMARTS) is 2. The van der Waals surface area contributed by atoms with Crippen LogP contribution in [0.4, 0.5) is 0 Å². The van der Waals surface area contributed by atoms with E-state index in [4.69, 9.17) is 14.6 Å². The number of aliphatic hydroxyl groups is 1. The number of esters is 2. The van der Waals surface area contributed by atoms with Crippen LogP contribution in [-0.2, 0) is 43.0 Å². The number of aliphatic carboxylic acids is 2. The smallest absolute Gasteiger partial charge is 0.328 e. The molecular weight excluding hydrogens is 646 g/mol. The van der Waals surface area contributed by atoms with E-state index in [9.17, 15) is 39.0 Å². The number of carboxylic acids is 2. The number of allylic oxidation sites excluding steroid dienone is 6. The molecule has 0 aromatic rings. The monoisotopic (exact) mass is 687 g/mol. The van der Waals surface area contributed by atoms with Crippen molar-refractivity contribution in [1.82, 2.24) is 5.32 Å². The van der Waals surface area contributed by atoms with Gasteiger partial charge in [-0.05, 0) is 24.7 Å². The second-order valence-electron chi connectivity index (χ2n) is 13.0. The molecule has 4 aliphatic rings. The fourth-order valence-corrected chi connectivity index (χ4v) is 8.84. The first-order chi connectivity index (χ1) is 22.6. The van der Waals surface area contributed by atoms with E-state index < -0.39 is 106 Å². The highest BCUT2D eigenvalue weighted by Crippen LogP contribution is 2.62. The summed E-state index contributed by atoms with van der Waals surface area (Å²) < 4.78 is 11.2. The van der Waals surface area contributed by atoms with Crippen LogP contribution in [0.3, 0.4) is 0 Å². The van der Waals surface area contributed by atoms with E-state index in [0.29, 0.717) is 0 Å². The van der Waals surface area contributed by atoms with Gasteiger partial charge in [-0.3, -0.25) is 24.0 Å². The molecule has 260 valence electrons. The Kier molecular flexibility index (Phi) is 11.2. The van der Waals surface area contributed by atoms with E-state index >= 15 is 4.79 Å². The molecule has 11 atom stereocenters. The summed E-state index contributed by atoms with van der Waals surface area (Å²) in [6.07, 6.45) is 9.35. The summed E-state index contributed by atoms with van der Waals surface area (Å²) in [4.78, 5) is 89.2. The maximum atomic E-state index is 15.1. The zero-order valence-electron chi connectivity index (χ0n) is 27.1. The molecular formula is C34H41NO12S.